The number of benzene rings is 1. The highest BCUT2D eigenvalue weighted by Crippen LogP contribution is 2.19. The van der Waals surface area contributed by atoms with Crippen LogP contribution in [0, 0.1) is 6.92 Å². The summed E-state index contributed by atoms with van der Waals surface area (Å²) in [5.74, 6) is 5.59. The molecule has 0 bridgehead atoms. The number of rotatable bonds is 6. The first-order valence-electron chi connectivity index (χ1n) is 5.73. The van der Waals surface area contributed by atoms with Crippen LogP contribution in [0.3, 0.4) is 0 Å². The Kier molecular flexibility index (Phi) is 5.46. The fraction of sp³-hybridized carbons (Fsp3) is 0.538. The lowest BCUT2D eigenvalue weighted by Gasteiger charge is -2.18. The van der Waals surface area contributed by atoms with Crippen LogP contribution in [0.25, 0.3) is 0 Å². The van der Waals surface area contributed by atoms with Crippen LogP contribution in [-0.4, -0.2) is 13.2 Å². The van der Waals surface area contributed by atoms with Crippen molar-refractivity contribution in [3.63, 3.8) is 0 Å². The fourth-order valence-corrected chi connectivity index (χ4v) is 1.75. The molecule has 0 aliphatic heterocycles. The highest BCUT2D eigenvalue weighted by molar-refractivity contribution is 5.24. The molecular formula is C13H22N2O. The molecule has 0 amide bonds. The summed E-state index contributed by atoms with van der Waals surface area (Å²) in [5.41, 5.74) is 5.37. The molecule has 0 aromatic heterocycles. The SMILES string of the molecule is COC(C)CCC(NN)c1cccc(C)c1. The molecule has 3 nitrogen and oxygen atoms in total. The highest BCUT2D eigenvalue weighted by atomic mass is 16.5. The molecule has 0 aliphatic carbocycles. The molecule has 2 unspecified atom stereocenters. The second-order valence-corrected chi connectivity index (χ2v) is 4.26. The summed E-state index contributed by atoms with van der Waals surface area (Å²) in [4.78, 5) is 0. The number of hydrazine groups is 1. The smallest absolute Gasteiger partial charge is 0.0543 e. The number of nitrogens with two attached hydrogens (primary N) is 1. The minimum Gasteiger partial charge on any atom is -0.382 e. The zero-order valence-electron chi connectivity index (χ0n) is 10.4. The van der Waals surface area contributed by atoms with Gasteiger partial charge in [-0.2, -0.15) is 0 Å². The van der Waals surface area contributed by atoms with Crippen LogP contribution in [0.4, 0.5) is 0 Å². The van der Waals surface area contributed by atoms with Gasteiger partial charge in [0.05, 0.1) is 6.10 Å². The Balaban J connectivity index is 2.60. The van der Waals surface area contributed by atoms with E-state index in [9.17, 15) is 0 Å². The standard InChI is InChI=1S/C13H22N2O/c1-10-5-4-6-12(9-10)13(15-14)8-7-11(2)16-3/h4-6,9,11,13,15H,7-8,14H2,1-3H3. The van der Waals surface area contributed by atoms with Crippen molar-refractivity contribution in [1.82, 2.24) is 5.43 Å². The summed E-state index contributed by atoms with van der Waals surface area (Å²) in [6, 6.07) is 8.64. The van der Waals surface area contributed by atoms with Crippen molar-refractivity contribution >= 4 is 0 Å². The molecule has 0 aliphatic rings. The van der Waals surface area contributed by atoms with E-state index in [1.165, 1.54) is 11.1 Å². The van der Waals surface area contributed by atoms with E-state index < -0.39 is 0 Å². The van der Waals surface area contributed by atoms with Gasteiger partial charge >= 0.3 is 0 Å². The molecule has 0 saturated heterocycles. The zero-order valence-corrected chi connectivity index (χ0v) is 10.4. The van der Waals surface area contributed by atoms with E-state index in [0.29, 0.717) is 0 Å². The van der Waals surface area contributed by atoms with Gasteiger partial charge < -0.3 is 4.74 Å². The molecule has 1 aromatic carbocycles. The van der Waals surface area contributed by atoms with Gasteiger partial charge in [-0.3, -0.25) is 11.3 Å². The number of hydrogen-bond donors (Lipinski definition) is 2. The van der Waals surface area contributed by atoms with E-state index in [1.54, 1.807) is 7.11 Å². The van der Waals surface area contributed by atoms with Crippen molar-refractivity contribution in [2.45, 2.75) is 38.8 Å². The van der Waals surface area contributed by atoms with Gasteiger partial charge in [0.1, 0.15) is 0 Å². The van der Waals surface area contributed by atoms with E-state index in [4.69, 9.17) is 10.6 Å². The zero-order chi connectivity index (χ0) is 12.0. The number of ether oxygens (including phenoxy) is 1. The Hall–Kier alpha value is -0.900. The molecule has 3 heteroatoms. The molecule has 0 fully saturated rings. The van der Waals surface area contributed by atoms with Crippen molar-refractivity contribution in [2.75, 3.05) is 7.11 Å². The third kappa shape index (κ3) is 3.93. The first-order chi connectivity index (χ1) is 7.67. The van der Waals surface area contributed by atoms with Crippen molar-refractivity contribution in [3.05, 3.63) is 35.4 Å². The van der Waals surface area contributed by atoms with Crippen LogP contribution in [0.2, 0.25) is 0 Å². The molecule has 1 aromatic rings. The third-order valence-corrected chi connectivity index (χ3v) is 2.91. The molecule has 0 radical (unpaired) electrons. The van der Waals surface area contributed by atoms with Gasteiger partial charge in [-0.05, 0) is 32.3 Å². The second kappa shape index (κ2) is 6.63. The normalized spacial score (nSPS) is 14.8. The van der Waals surface area contributed by atoms with Gasteiger partial charge in [0.2, 0.25) is 0 Å². The van der Waals surface area contributed by atoms with E-state index in [1.807, 2.05) is 0 Å². The van der Waals surface area contributed by atoms with Crippen molar-refractivity contribution < 1.29 is 4.74 Å². The molecule has 3 N–H and O–H groups in total. The van der Waals surface area contributed by atoms with Crippen LogP contribution in [0.5, 0.6) is 0 Å². The van der Waals surface area contributed by atoms with Gasteiger partial charge in [0.25, 0.3) is 0 Å². The molecule has 16 heavy (non-hydrogen) atoms. The van der Waals surface area contributed by atoms with Crippen molar-refractivity contribution in [1.29, 1.82) is 0 Å². The molecular weight excluding hydrogens is 200 g/mol. The summed E-state index contributed by atoms with van der Waals surface area (Å²) in [6.45, 7) is 4.17. The summed E-state index contributed by atoms with van der Waals surface area (Å²) < 4.78 is 5.24. The number of methoxy groups -OCH3 is 1. The molecule has 0 spiro atoms. The average molecular weight is 222 g/mol. The monoisotopic (exact) mass is 222 g/mol. The Morgan fingerprint density at radius 3 is 2.69 bits per heavy atom. The second-order valence-electron chi connectivity index (χ2n) is 4.26. The first kappa shape index (κ1) is 13.2. The van der Waals surface area contributed by atoms with E-state index in [0.717, 1.165) is 12.8 Å². The highest BCUT2D eigenvalue weighted by Gasteiger charge is 2.11. The van der Waals surface area contributed by atoms with Gasteiger partial charge in [-0.15, -0.1) is 0 Å². The maximum Gasteiger partial charge on any atom is 0.0543 e. The molecule has 90 valence electrons. The van der Waals surface area contributed by atoms with Gasteiger partial charge in [0.15, 0.2) is 0 Å². The summed E-state index contributed by atoms with van der Waals surface area (Å²) in [6.07, 6.45) is 2.26. The fourth-order valence-electron chi connectivity index (χ4n) is 1.75. The summed E-state index contributed by atoms with van der Waals surface area (Å²) in [7, 11) is 1.74. The maximum atomic E-state index is 5.59. The number of hydrogen-bond acceptors (Lipinski definition) is 3. The van der Waals surface area contributed by atoms with Crippen molar-refractivity contribution in [2.24, 2.45) is 5.84 Å². The lowest BCUT2D eigenvalue weighted by Crippen LogP contribution is -2.28. The van der Waals surface area contributed by atoms with Crippen LogP contribution in [0.15, 0.2) is 24.3 Å². The van der Waals surface area contributed by atoms with E-state index in [2.05, 4.69) is 43.5 Å². The number of nitrogens with one attached hydrogen (secondary N) is 1. The summed E-state index contributed by atoms with van der Waals surface area (Å²) >= 11 is 0. The Labute approximate surface area is 98.0 Å². The van der Waals surface area contributed by atoms with Gasteiger partial charge in [-0.25, -0.2) is 0 Å². The Bertz CT molecular complexity index is 315. The van der Waals surface area contributed by atoms with Crippen LogP contribution in [0.1, 0.15) is 36.9 Å². The largest absolute Gasteiger partial charge is 0.382 e. The number of aryl methyl sites for hydroxylation is 1. The molecule has 0 saturated carbocycles. The summed E-state index contributed by atoms with van der Waals surface area (Å²) in [5, 5.41) is 0. The minimum absolute atomic E-state index is 0.206. The lowest BCUT2D eigenvalue weighted by molar-refractivity contribution is 0.106. The Morgan fingerprint density at radius 2 is 2.12 bits per heavy atom. The molecule has 1 rings (SSSR count). The molecule has 0 heterocycles. The quantitative estimate of drug-likeness (QED) is 0.573. The van der Waals surface area contributed by atoms with Gasteiger partial charge in [0, 0.05) is 13.2 Å². The predicted molar refractivity (Wildman–Crippen MR) is 66.9 cm³/mol. The predicted octanol–water partition coefficient (Wildman–Crippen LogP) is 2.31. The average Bonchev–Trinajstić information content (AvgIpc) is 2.29. The maximum absolute atomic E-state index is 5.59. The lowest BCUT2D eigenvalue weighted by atomic mass is 9.99. The topological polar surface area (TPSA) is 47.3 Å². The van der Waals surface area contributed by atoms with Gasteiger partial charge in [-0.1, -0.05) is 29.8 Å². The van der Waals surface area contributed by atoms with E-state index >= 15 is 0 Å². The van der Waals surface area contributed by atoms with E-state index in [-0.39, 0.29) is 12.1 Å². The first-order valence-corrected chi connectivity index (χ1v) is 5.73. The van der Waals surface area contributed by atoms with Crippen LogP contribution in [-0.2, 0) is 4.74 Å². The minimum atomic E-state index is 0.206. The van der Waals surface area contributed by atoms with Crippen molar-refractivity contribution in [3.8, 4) is 0 Å². The molecule has 2 atom stereocenters. The Morgan fingerprint density at radius 1 is 1.38 bits per heavy atom. The third-order valence-electron chi connectivity index (χ3n) is 2.91. The van der Waals surface area contributed by atoms with Crippen LogP contribution < -0.4 is 11.3 Å². The van der Waals surface area contributed by atoms with Crippen LogP contribution >= 0.6 is 0 Å².